The van der Waals surface area contributed by atoms with E-state index in [4.69, 9.17) is 5.11 Å². The standard InChI is InChI=1S/C13H17FO4S2/c1-3-19-5-4-6-20(17,18)12-8-10(13(15)16)7-11(14)9(12)2/h7-8H,3-6H2,1-2H3,(H,15,16). The lowest BCUT2D eigenvalue weighted by Crippen LogP contribution is -2.12. The van der Waals surface area contributed by atoms with Gasteiger partial charge < -0.3 is 5.11 Å². The maximum Gasteiger partial charge on any atom is 0.335 e. The second-order valence-corrected chi connectivity index (χ2v) is 7.73. The van der Waals surface area contributed by atoms with Crippen LogP contribution in [0.15, 0.2) is 17.0 Å². The van der Waals surface area contributed by atoms with E-state index in [-0.39, 0.29) is 21.8 Å². The highest BCUT2D eigenvalue weighted by atomic mass is 32.2. The molecular weight excluding hydrogens is 303 g/mol. The summed E-state index contributed by atoms with van der Waals surface area (Å²) >= 11 is 1.63. The van der Waals surface area contributed by atoms with Crippen molar-refractivity contribution in [1.82, 2.24) is 0 Å². The Morgan fingerprint density at radius 3 is 2.60 bits per heavy atom. The first-order valence-corrected chi connectivity index (χ1v) is 8.94. The third kappa shape index (κ3) is 4.21. The highest BCUT2D eigenvalue weighted by molar-refractivity contribution is 7.99. The van der Waals surface area contributed by atoms with Gasteiger partial charge in [0.1, 0.15) is 5.82 Å². The van der Waals surface area contributed by atoms with Gasteiger partial charge in [0.15, 0.2) is 9.84 Å². The third-order valence-corrected chi connectivity index (χ3v) is 5.69. The second-order valence-electron chi connectivity index (χ2n) is 4.26. The van der Waals surface area contributed by atoms with Crippen molar-refractivity contribution < 1.29 is 22.7 Å². The van der Waals surface area contributed by atoms with Crippen LogP contribution in [0.25, 0.3) is 0 Å². The molecule has 1 rings (SSSR count). The molecule has 0 spiro atoms. The summed E-state index contributed by atoms with van der Waals surface area (Å²) in [7, 11) is -3.67. The molecule has 0 saturated heterocycles. The molecule has 0 fully saturated rings. The molecule has 1 aromatic carbocycles. The van der Waals surface area contributed by atoms with E-state index in [0.29, 0.717) is 12.2 Å². The van der Waals surface area contributed by atoms with Gasteiger partial charge in [0.05, 0.1) is 16.2 Å². The molecule has 0 unspecified atom stereocenters. The molecular formula is C13H17FO4S2. The van der Waals surface area contributed by atoms with Gasteiger partial charge in [-0.2, -0.15) is 11.8 Å². The van der Waals surface area contributed by atoms with Crippen LogP contribution in [0, 0.1) is 12.7 Å². The van der Waals surface area contributed by atoms with Crippen LogP contribution in [0.4, 0.5) is 4.39 Å². The molecule has 0 bridgehead atoms. The summed E-state index contributed by atoms with van der Waals surface area (Å²) in [4.78, 5) is 10.7. The molecule has 1 aromatic rings. The average Bonchev–Trinajstić information content (AvgIpc) is 2.37. The van der Waals surface area contributed by atoms with Crippen LogP contribution in [0.3, 0.4) is 0 Å². The molecule has 0 aliphatic heterocycles. The van der Waals surface area contributed by atoms with Crippen molar-refractivity contribution in [2.75, 3.05) is 17.3 Å². The van der Waals surface area contributed by atoms with Gasteiger partial charge in [0, 0.05) is 5.56 Å². The Balaban J connectivity index is 3.07. The quantitative estimate of drug-likeness (QED) is 0.782. The van der Waals surface area contributed by atoms with Gasteiger partial charge in [-0.1, -0.05) is 6.92 Å². The Kier molecular flexibility index (Phi) is 6.01. The molecule has 0 heterocycles. The monoisotopic (exact) mass is 320 g/mol. The average molecular weight is 320 g/mol. The minimum atomic E-state index is -3.67. The number of thioether (sulfide) groups is 1. The fourth-order valence-electron chi connectivity index (χ4n) is 1.71. The van der Waals surface area contributed by atoms with E-state index in [1.807, 2.05) is 6.92 Å². The summed E-state index contributed by atoms with van der Waals surface area (Å²) in [5, 5.41) is 8.87. The Morgan fingerprint density at radius 2 is 2.05 bits per heavy atom. The van der Waals surface area contributed by atoms with Gasteiger partial charge in [-0.05, 0) is 37.0 Å². The summed E-state index contributed by atoms with van der Waals surface area (Å²) in [5.41, 5.74) is -0.382. The molecule has 0 aliphatic carbocycles. The van der Waals surface area contributed by atoms with Crippen molar-refractivity contribution in [3.05, 3.63) is 29.1 Å². The second kappa shape index (κ2) is 7.08. The predicted molar refractivity (Wildman–Crippen MR) is 77.8 cm³/mol. The van der Waals surface area contributed by atoms with Crippen molar-refractivity contribution in [3.8, 4) is 0 Å². The van der Waals surface area contributed by atoms with E-state index in [2.05, 4.69) is 0 Å². The van der Waals surface area contributed by atoms with Crippen LogP contribution in [-0.2, 0) is 9.84 Å². The number of hydrogen-bond donors (Lipinski definition) is 1. The number of hydrogen-bond acceptors (Lipinski definition) is 4. The first-order chi connectivity index (χ1) is 9.29. The first-order valence-electron chi connectivity index (χ1n) is 6.13. The van der Waals surface area contributed by atoms with Gasteiger partial charge >= 0.3 is 5.97 Å². The number of carboxylic acids is 1. The molecule has 112 valence electrons. The molecule has 1 N–H and O–H groups in total. The van der Waals surface area contributed by atoms with Crippen molar-refractivity contribution in [2.45, 2.75) is 25.2 Å². The number of halogens is 1. The third-order valence-electron chi connectivity index (χ3n) is 2.78. The highest BCUT2D eigenvalue weighted by Gasteiger charge is 2.21. The Bertz CT molecular complexity index is 597. The predicted octanol–water partition coefficient (Wildman–Crippen LogP) is 2.75. The molecule has 0 amide bonds. The van der Waals surface area contributed by atoms with Gasteiger partial charge in [-0.15, -0.1) is 0 Å². The van der Waals surface area contributed by atoms with Gasteiger partial charge in [-0.3, -0.25) is 0 Å². The van der Waals surface area contributed by atoms with Crippen molar-refractivity contribution >= 4 is 27.6 Å². The normalized spacial score (nSPS) is 11.6. The van der Waals surface area contributed by atoms with Crippen LogP contribution >= 0.6 is 11.8 Å². The topological polar surface area (TPSA) is 71.4 Å². The lowest BCUT2D eigenvalue weighted by molar-refractivity contribution is 0.0696. The molecule has 0 radical (unpaired) electrons. The number of rotatable bonds is 7. The summed E-state index contributed by atoms with van der Waals surface area (Å²) in [5.74, 6) is -0.658. The largest absolute Gasteiger partial charge is 0.478 e. The van der Waals surface area contributed by atoms with Crippen LogP contribution < -0.4 is 0 Å². The van der Waals surface area contributed by atoms with Crippen LogP contribution in [0.1, 0.15) is 29.3 Å². The highest BCUT2D eigenvalue weighted by Crippen LogP contribution is 2.22. The summed E-state index contributed by atoms with van der Waals surface area (Å²) in [6.45, 7) is 3.32. The van der Waals surface area contributed by atoms with E-state index in [1.165, 1.54) is 6.92 Å². The van der Waals surface area contributed by atoms with Crippen LogP contribution in [0.5, 0.6) is 0 Å². The van der Waals surface area contributed by atoms with E-state index in [9.17, 15) is 17.6 Å². The van der Waals surface area contributed by atoms with E-state index in [1.54, 1.807) is 11.8 Å². The lowest BCUT2D eigenvalue weighted by atomic mass is 10.1. The maximum absolute atomic E-state index is 13.6. The minimum Gasteiger partial charge on any atom is -0.478 e. The zero-order valence-corrected chi connectivity index (χ0v) is 13.0. The summed E-state index contributed by atoms with van der Waals surface area (Å²) in [6.07, 6.45) is 0.458. The SMILES string of the molecule is CCSCCCS(=O)(=O)c1cc(C(=O)O)cc(F)c1C. The van der Waals surface area contributed by atoms with Crippen molar-refractivity contribution in [3.63, 3.8) is 0 Å². The number of benzene rings is 1. The van der Waals surface area contributed by atoms with Crippen molar-refractivity contribution in [2.24, 2.45) is 0 Å². The minimum absolute atomic E-state index is 0.0295. The number of sulfone groups is 1. The molecule has 0 atom stereocenters. The molecule has 20 heavy (non-hydrogen) atoms. The molecule has 7 heteroatoms. The fraction of sp³-hybridized carbons (Fsp3) is 0.462. The summed E-state index contributed by atoms with van der Waals surface area (Å²) in [6, 6.07) is 1.87. The number of carbonyl (C=O) groups is 1. The molecule has 0 saturated carbocycles. The lowest BCUT2D eigenvalue weighted by Gasteiger charge is -2.09. The van der Waals surface area contributed by atoms with E-state index < -0.39 is 21.6 Å². The van der Waals surface area contributed by atoms with Gasteiger partial charge in [0.25, 0.3) is 0 Å². The van der Waals surface area contributed by atoms with E-state index in [0.717, 1.165) is 17.9 Å². The van der Waals surface area contributed by atoms with E-state index >= 15 is 0 Å². The number of aromatic carboxylic acids is 1. The van der Waals surface area contributed by atoms with Crippen molar-refractivity contribution in [1.29, 1.82) is 0 Å². The zero-order valence-electron chi connectivity index (χ0n) is 11.3. The number of carboxylic acid groups (broad SMARTS) is 1. The van der Waals surface area contributed by atoms with Gasteiger partial charge in [0.2, 0.25) is 0 Å². The molecule has 0 aromatic heterocycles. The fourth-order valence-corrected chi connectivity index (χ4v) is 4.14. The van der Waals surface area contributed by atoms with Crippen LogP contribution in [0.2, 0.25) is 0 Å². The molecule has 4 nitrogen and oxygen atoms in total. The summed E-state index contributed by atoms with van der Waals surface area (Å²) < 4.78 is 38.0. The molecule has 0 aliphatic rings. The zero-order chi connectivity index (χ0) is 15.3. The first kappa shape index (κ1) is 17.0. The smallest absolute Gasteiger partial charge is 0.335 e. The maximum atomic E-state index is 13.6. The van der Waals surface area contributed by atoms with Gasteiger partial charge in [-0.25, -0.2) is 17.6 Å². The Hall–Kier alpha value is -1.08. The van der Waals surface area contributed by atoms with Crippen LogP contribution in [-0.4, -0.2) is 36.8 Å². The Labute approximate surface area is 122 Å². The Morgan fingerprint density at radius 1 is 1.40 bits per heavy atom.